The molecule has 0 saturated carbocycles. The van der Waals surface area contributed by atoms with E-state index in [1.807, 2.05) is 6.92 Å². The fourth-order valence-corrected chi connectivity index (χ4v) is 4.69. The third-order valence-electron chi connectivity index (χ3n) is 4.17. The predicted octanol–water partition coefficient (Wildman–Crippen LogP) is 3.97. The van der Waals surface area contributed by atoms with E-state index in [4.69, 9.17) is 0 Å². The first-order valence-electron chi connectivity index (χ1n) is 7.37. The standard InChI is InChI=1S/C15H20F3NO2S/c1-3-12-6-4-5-9-19(12)22(20,21)13-8-7-11(2)14(10-13)15(16,17)18/h7-8,10,12H,3-6,9H2,1-2H3/t12-/m1/s1. The van der Waals surface area contributed by atoms with Crippen LogP contribution < -0.4 is 0 Å². The summed E-state index contributed by atoms with van der Waals surface area (Å²) in [7, 11) is -3.89. The number of benzene rings is 1. The minimum atomic E-state index is -4.55. The zero-order valence-electron chi connectivity index (χ0n) is 12.7. The van der Waals surface area contributed by atoms with Gasteiger partial charge in [0.1, 0.15) is 0 Å². The van der Waals surface area contributed by atoms with Gasteiger partial charge in [0.2, 0.25) is 10.0 Å². The molecule has 0 aromatic heterocycles. The van der Waals surface area contributed by atoms with Crippen LogP contribution in [-0.4, -0.2) is 25.3 Å². The molecule has 1 atom stereocenters. The molecule has 0 bridgehead atoms. The summed E-state index contributed by atoms with van der Waals surface area (Å²) >= 11 is 0. The number of sulfonamides is 1. The van der Waals surface area contributed by atoms with Crippen molar-refractivity contribution in [1.82, 2.24) is 4.31 Å². The molecule has 1 aromatic rings. The Balaban J connectivity index is 2.45. The van der Waals surface area contributed by atoms with Gasteiger partial charge in [-0.2, -0.15) is 17.5 Å². The molecule has 0 amide bonds. The lowest BCUT2D eigenvalue weighted by Crippen LogP contribution is -2.43. The molecule has 0 unspecified atom stereocenters. The predicted molar refractivity (Wildman–Crippen MR) is 78.0 cm³/mol. The van der Waals surface area contributed by atoms with Crippen molar-refractivity contribution in [2.24, 2.45) is 0 Å². The number of rotatable bonds is 3. The Morgan fingerprint density at radius 2 is 1.95 bits per heavy atom. The van der Waals surface area contributed by atoms with Crippen LogP contribution in [0.25, 0.3) is 0 Å². The summed E-state index contributed by atoms with van der Waals surface area (Å²) in [6.45, 7) is 3.60. The highest BCUT2D eigenvalue weighted by Gasteiger charge is 2.36. The second-order valence-corrected chi connectivity index (χ2v) is 7.54. The number of hydrogen-bond acceptors (Lipinski definition) is 2. The number of halogens is 3. The minimum absolute atomic E-state index is 0.0251. The average molecular weight is 335 g/mol. The normalized spacial score (nSPS) is 21.0. The van der Waals surface area contributed by atoms with Gasteiger partial charge in [-0.1, -0.05) is 19.4 Å². The summed E-state index contributed by atoms with van der Waals surface area (Å²) in [6.07, 6.45) is -1.44. The molecule has 0 radical (unpaired) electrons. The molecular weight excluding hydrogens is 315 g/mol. The fraction of sp³-hybridized carbons (Fsp3) is 0.600. The summed E-state index contributed by atoms with van der Waals surface area (Å²) in [5.41, 5.74) is -0.865. The maximum atomic E-state index is 13.0. The number of hydrogen-bond donors (Lipinski definition) is 0. The van der Waals surface area contributed by atoms with Gasteiger partial charge in [-0.05, 0) is 43.9 Å². The zero-order valence-corrected chi connectivity index (χ0v) is 13.5. The van der Waals surface area contributed by atoms with E-state index >= 15 is 0 Å². The highest BCUT2D eigenvalue weighted by molar-refractivity contribution is 7.89. The fourth-order valence-electron chi connectivity index (χ4n) is 2.90. The van der Waals surface area contributed by atoms with Gasteiger partial charge in [0.15, 0.2) is 0 Å². The molecule has 0 spiro atoms. The summed E-state index contributed by atoms with van der Waals surface area (Å²) < 4.78 is 65.8. The lowest BCUT2D eigenvalue weighted by atomic mass is 10.0. The molecule has 0 aliphatic carbocycles. The van der Waals surface area contributed by atoms with Crippen LogP contribution in [0, 0.1) is 6.92 Å². The first kappa shape index (κ1) is 17.3. The number of nitrogens with zero attached hydrogens (tertiary/aromatic N) is 1. The van der Waals surface area contributed by atoms with Gasteiger partial charge >= 0.3 is 6.18 Å². The molecule has 3 nitrogen and oxygen atoms in total. The molecule has 1 aliphatic heterocycles. The molecular formula is C15H20F3NO2S. The van der Waals surface area contributed by atoms with Crippen LogP contribution in [0.4, 0.5) is 13.2 Å². The Morgan fingerprint density at radius 3 is 2.55 bits per heavy atom. The van der Waals surface area contributed by atoms with Gasteiger partial charge in [0.05, 0.1) is 10.5 Å². The van der Waals surface area contributed by atoms with Crippen molar-refractivity contribution in [1.29, 1.82) is 0 Å². The third-order valence-corrected chi connectivity index (χ3v) is 6.11. The van der Waals surface area contributed by atoms with E-state index in [1.165, 1.54) is 23.4 Å². The Labute approximate surface area is 129 Å². The molecule has 1 aromatic carbocycles. The maximum Gasteiger partial charge on any atom is 0.416 e. The van der Waals surface area contributed by atoms with Crippen LogP contribution in [0.15, 0.2) is 23.1 Å². The Bertz CT molecular complexity index is 641. The lowest BCUT2D eigenvalue weighted by molar-refractivity contribution is -0.138. The summed E-state index contributed by atoms with van der Waals surface area (Å²) in [4.78, 5) is -0.272. The van der Waals surface area contributed by atoms with Crippen molar-refractivity contribution in [3.05, 3.63) is 29.3 Å². The van der Waals surface area contributed by atoms with E-state index in [0.717, 1.165) is 25.3 Å². The molecule has 2 rings (SSSR count). The summed E-state index contributed by atoms with van der Waals surface area (Å²) in [5, 5.41) is 0. The van der Waals surface area contributed by atoms with E-state index in [9.17, 15) is 21.6 Å². The van der Waals surface area contributed by atoms with Crippen molar-refractivity contribution in [2.45, 2.75) is 56.6 Å². The smallest absolute Gasteiger partial charge is 0.207 e. The second kappa shape index (κ2) is 6.20. The monoisotopic (exact) mass is 335 g/mol. The Kier molecular flexibility index (Phi) is 4.87. The van der Waals surface area contributed by atoms with Crippen LogP contribution >= 0.6 is 0 Å². The second-order valence-electron chi connectivity index (χ2n) is 5.65. The van der Waals surface area contributed by atoms with E-state index in [0.29, 0.717) is 13.0 Å². The van der Waals surface area contributed by atoms with Crippen LogP contribution in [0.3, 0.4) is 0 Å². The SMILES string of the molecule is CC[C@@H]1CCCCN1S(=O)(=O)c1ccc(C)c(C(F)(F)F)c1. The van der Waals surface area contributed by atoms with Crippen LogP contribution in [-0.2, 0) is 16.2 Å². The van der Waals surface area contributed by atoms with E-state index in [-0.39, 0.29) is 16.5 Å². The lowest BCUT2D eigenvalue weighted by Gasteiger charge is -2.34. The molecule has 1 aliphatic rings. The topological polar surface area (TPSA) is 37.4 Å². The van der Waals surface area contributed by atoms with Crippen molar-refractivity contribution in [2.75, 3.05) is 6.54 Å². The van der Waals surface area contributed by atoms with Crippen LogP contribution in [0.2, 0.25) is 0 Å². The summed E-state index contributed by atoms with van der Waals surface area (Å²) in [5.74, 6) is 0. The Hall–Kier alpha value is -1.08. The van der Waals surface area contributed by atoms with Crippen molar-refractivity contribution >= 4 is 10.0 Å². The molecule has 0 N–H and O–H groups in total. The minimum Gasteiger partial charge on any atom is -0.207 e. The zero-order chi connectivity index (χ0) is 16.5. The largest absolute Gasteiger partial charge is 0.416 e. The third kappa shape index (κ3) is 3.30. The highest BCUT2D eigenvalue weighted by Crippen LogP contribution is 2.35. The van der Waals surface area contributed by atoms with Gasteiger partial charge in [-0.3, -0.25) is 0 Å². The van der Waals surface area contributed by atoms with Crippen molar-refractivity contribution in [3.63, 3.8) is 0 Å². The molecule has 124 valence electrons. The summed E-state index contributed by atoms with van der Waals surface area (Å²) in [6, 6.07) is 3.11. The van der Waals surface area contributed by atoms with Crippen molar-refractivity contribution < 1.29 is 21.6 Å². The van der Waals surface area contributed by atoms with E-state index in [1.54, 1.807) is 0 Å². The van der Waals surface area contributed by atoms with Crippen LogP contribution in [0.5, 0.6) is 0 Å². The number of aryl methyl sites for hydroxylation is 1. The average Bonchev–Trinajstić information content (AvgIpc) is 2.46. The van der Waals surface area contributed by atoms with Gasteiger partial charge in [0, 0.05) is 12.6 Å². The van der Waals surface area contributed by atoms with Gasteiger partial charge in [-0.25, -0.2) is 8.42 Å². The first-order valence-corrected chi connectivity index (χ1v) is 8.81. The molecule has 22 heavy (non-hydrogen) atoms. The quantitative estimate of drug-likeness (QED) is 0.838. The van der Waals surface area contributed by atoms with E-state index < -0.39 is 21.8 Å². The maximum absolute atomic E-state index is 13.0. The molecule has 1 saturated heterocycles. The molecule has 7 heteroatoms. The number of piperidine rings is 1. The van der Waals surface area contributed by atoms with Crippen molar-refractivity contribution in [3.8, 4) is 0 Å². The van der Waals surface area contributed by atoms with E-state index in [2.05, 4.69) is 0 Å². The first-order chi connectivity index (χ1) is 10.2. The Morgan fingerprint density at radius 1 is 1.27 bits per heavy atom. The number of alkyl halides is 3. The van der Waals surface area contributed by atoms with Gasteiger partial charge in [-0.15, -0.1) is 0 Å². The van der Waals surface area contributed by atoms with Crippen LogP contribution in [0.1, 0.15) is 43.7 Å². The van der Waals surface area contributed by atoms with Gasteiger partial charge in [0.25, 0.3) is 0 Å². The molecule has 1 heterocycles. The highest BCUT2D eigenvalue weighted by atomic mass is 32.2. The molecule has 1 fully saturated rings. The van der Waals surface area contributed by atoms with Gasteiger partial charge < -0.3 is 0 Å².